The van der Waals surface area contributed by atoms with E-state index in [2.05, 4.69) is 37.8 Å². The smallest absolute Gasteiger partial charge is 0.0481 e. The fraction of sp³-hybridized carbons (Fsp3) is 0.692. The van der Waals surface area contributed by atoms with E-state index in [1.807, 2.05) is 13.8 Å². The molecule has 1 aliphatic rings. The minimum absolute atomic E-state index is 0.0210. The third kappa shape index (κ3) is 10.4. The largest absolute Gasteiger partial charge is 0.396 e. The molecular formula is C26H44O2. The molecule has 1 fully saturated rings. The van der Waals surface area contributed by atoms with E-state index in [-0.39, 0.29) is 19.1 Å². The third-order valence-electron chi connectivity index (χ3n) is 5.87. The van der Waals surface area contributed by atoms with E-state index in [1.165, 1.54) is 68.1 Å². The topological polar surface area (TPSA) is 40.5 Å². The van der Waals surface area contributed by atoms with Crippen LogP contribution in [0.25, 0.3) is 0 Å². The van der Waals surface area contributed by atoms with Crippen molar-refractivity contribution in [3.63, 3.8) is 0 Å². The van der Waals surface area contributed by atoms with Gasteiger partial charge in [-0.1, -0.05) is 62.4 Å². The molecule has 0 aromatic heterocycles. The molecule has 0 saturated heterocycles. The minimum Gasteiger partial charge on any atom is -0.396 e. The molecule has 2 nitrogen and oxygen atoms in total. The molecule has 1 aromatic rings. The molecule has 0 radical (unpaired) electrons. The first-order valence-electron chi connectivity index (χ1n) is 11.4. The summed E-state index contributed by atoms with van der Waals surface area (Å²) in [5, 5.41) is 18.3. The Balaban J connectivity index is 0.000000892. The van der Waals surface area contributed by atoms with Crippen molar-refractivity contribution in [2.75, 3.05) is 13.2 Å². The molecule has 0 unspecified atom stereocenters. The molecule has 1 aliphatic carbocycles. The van der Waals surface area contributed by atoms with E-state index in [0.717, 1.165) is 24.7 Å². The summed E-state index contributed by atoms with van der Waals surface area (Å²) in [5.74, 6) is 1.75. The average molecular weight is 389 g/mol. The van der Waals surface area contributed by atoms with Crippen LogP contribution in [0.5, 0.6) is 0 Å². The van der Waals surface area contributed by atoms with E-state index in [0.29, 0.717) is 0 Å². The number of benzene rings is 1. The normalized spacial score (nSPS) is 19.2. The molecule has 0 bridgehead atoms. The monoisotopic (exact) mass is 388 g/mol. The van der Waals surface area contributed by atoms with Gasteiger partial charge >= 0.3 is 0 Å². The van der Waals surface area contributed by atoms with Gasteiger partial charge in [0.2, 0.25) is 0 Å². The zero-order valence-corrected chi connectivity index (χ0v) is 18.6. The summed E-state index contributed by atoms with van der Waals surface area (Å²) in [6.45, 7) is 9.94. The first kappa shape index (κ1) is 24.9. The number of aliphatic hydroxyl groups is 2. The van der Waals surface area contributed by atoms with Crippen LogP contribution in [-0.4, -0.2) is 23.4 Å². The maximum Gasteiger partial charge on any atom is 0.0481 e. The van der Waals surface area contributed by atoms with E-state index in [9.17, 15) is 0 Å². The van der Waals surface area contributed by atoms with Crippen molar-refractivity contribution in [3.05, 3.63) is 47.5 Å². The Morgan fingerprint density at radius 2 is 1.57 bits per heavy atom. The van der Waals surface area contributed by atoms with Crippen molar-refractivity contribution in [1.29, 1.82) is 0 Å². The lowest BCUT2D eigenvalue weighted by atomic mass is 9.77. The second-order valence-electron chi connectivity index (χ2n) is 8.93. The summed E-state index contributed by atoms with van der Waals surface area (Å²) >= 11 is 0. The van der Waals surface area contributed by atoms with Crippen molar-refractivity contribution in [2.45, 2.75) is 90.9 Å². The molecular weight excluding hydrogens is 344 g/mol. The van der Waals surface area contributed by atoms with Crippen LogP contribution in [0, 0.1) is 11.8 Å². The molecule has 2 heteroatoms. The van der Waals surface area contributed by atoms with Crippen LogP contribution in [0.15, 0.2) is 36.4 Å². The molecule has 0 atom stereocenters. The Hall–Kier alpha value is -1.12. The second kappa shape index (κ2) is 14.8. The van der Waals surface area contributed by atoms with Crippen LogP contribution in [-0.2, 0) is 6.42 Å². The van der Waals surface area contributed by atoms with Crippen LogP contribution in [0.3, 0.4) is 0 Å². The lowest BCUT2D eigenvalue weighted by Gasteiger charge is -2.29. The van der Waals surface area contributed by atoms with Crippen molar-refractivity contribution in [3.8, 4) is 0 Å². The van der Waals surface area contributed by atoms with Gasteiger partial charge in [-0.15, -0.1) is 6.58 Å². The fourth-order valence-corrected chi connectivity index (χ4v) is 4.04. The van der Waals surface area contributed by atoms with Gasteiger partial charge in [-0.05, 0) is 75.3 Å². The maximum atomic E-state index is 9.15. The van der Waals surface area contributed by atoms with Gasteiger partial charge in [-0.3, -0.25) is 0 Å². The SMILES string of the molecule is C=C(C)C.CCCCCC1CCC(c2ccc(CCC(CO)CO)cc2)CC1. The predicted octanol–water partition coefficient (Wildman–Crippen LogP) is 6.66. The van der Waals surface area contributed by atoms with Gasteiger partial charge in [0.05, 0.1) is 0 Å². The van der Waals surface area contributed by atoms with Gasteiger partial charge in [0.15, 0.2) is 0 Å². The molecule has 2 N–H and O–H groups in total. The molecule has 1 saturated carbocycles. The number of aliphatic hydroxyl groups excluding tert-OH is 2. The highest BCUT2D eigenvalue weighted by atomic mass is 16.3. The van der Waals surface area contributed by atoms with Gasteiger partial charge in [0.25, 0.3) is 0 Å². The standard InChI is InChI=1S/C22H36O2.C4H8/c1-2-3-4-5-18-8-12-21(13-9-18)22-14-10-19(11-15-22)6-7-20(16-23)17-24;1-4(2)3/h10-11,14-15,18,20-21,23-24H,2-9,12-13,16-17H2,1H3;1H2,2-3H3. The summed E-state index contributed by atoms with van der Waals surface area (Å²) in [6.07, 6.45) is 12.9. The Morgan fingerprint density at radius 3 is 2.07 bits per heavy atom. The van der Waals surface area contributed by atoms with E-state index < -0.39 is 0 Å². The van der Waals surface area contributed by atoms with E-state index >= 15 is 0 Å². The van der Waals surface area contributed by atoms with E-state index in [4.69, 9.17) is 10.2 Å². The second-order valence-corrected chi connectivity index (χ2v) is 8.93. The molecule has 160 valence electrons. The van der Waals surface area contributed by atoms with Crippen LogP contribution >= 0.6 is 0 Å². The van der Waals surface area contributed by atoms with Gasteiger partial charge in [-0.2, -0.15) is 0 Å². The molecule has 0 heterocycles. The highest BCUT2D eigenvalue weighted by Crippen LogP contribution is 2.37. The molecule has 28 heavy (non-hydrogen) atoms. The van der Waals surface area contributed by atoms with Gasteiger partial charge in [0.1, 0.15) is 0 Å². The number of rotatable bonds is 10. The van der Waals surface area contributed by atoms with Crippen LogP contribution in [0.4, 0.5) is 0 Å². The molecule has 0 aliphatic heterocycles. The summed E-state index contributed by atoms with van der Waals surface area (Å²) in [7, 11) is 0. The van der Waals surface area contributed by atoms with Crippen LogP contribution in [0.1, 0.15) is 95.6 Å². The van der Waals surface area contributed by atoms with Gasteiger partial charge in [0, 0.05) is 19.1 Å². The summed E-state index contributed by atoms with van der Waals surface area (Å²) in [5.41, 5.74) is 3.99. The Labute approximate surface area is 174 Å². The average Bonchev–Trinajstić information content (AvgIpc) is 2.70. The fourth-order valence-electron chi connectivity index (χ4n) is 4.04. The number of hydrogen-bond acceptors (Lipinski definition) is 2. The first-order valence-corrected chi connectivity index (χ1v) is 11.4. The van der Waals surface area contributed by atoms with Gasteiger partial charge < -0.3 is 10.2 Å². The zero-order valence-electron chi connectivity index (χ0n) is 18.6. The van der Waals surface area contributed by atoms with Crippen LogP contribution < -0.4 is 0 Å². The summed E-state index contributed by atoms with van der Waals surface area (Å²) in [6, 6.07) is 9.11. The quantitative estimate of drug-likeness (QED) is 0.348. The van der Waals surface area contributed by atoms with Crippen molar-refractivity contribution < 1.29 is 10.2 Å². The van der Waals surface area contributed by atoms with Crippen LogP contribution in [0.2, 0.25) is 0 Å². The predicted molar refractivity (Wildman–Crippen MR) is 122 cm³/mol. The van der Waals surface area contributed by atoms with Crippen molar-refractivity contribution in [2.24, 2.45) is 11.8 Å². The highest BCUT2D eigenvalue weighted by Gasteiger charge is 2.21. The Morgan fingerprint density at radius 1 is 1.00 bits per heavy atom. The molecule has 1 aromatic carbocycles. The summed E-state index contributed by atoms with van der Waals surface area (Å²) < 4.78 is 0. The highest BCUT2D eigenvalue weighted by molar-refractivity contribution is 5.26. The third-order valence-corrected chi connectivity index (χ3v) is 5.87. The molecule has 2 rings (SSSR count). The zero-order chi connectivity index (χ0) is 20.8. The van der Waals surface area contributed by atoms with E-state index in [1.54, 1.807) is 0 Å². The van der Waals surface area contributed by atoms with Crippen molar-refractivity contribution >= 4 is 0 Å². The Kier molecular flexibility index (Phi) is 13.2. The number of aryl methyl sites for hydroxylation is 1. The number of allylic oxidation sites excluding steroid dienone is 1. The number of hydrogen-bond donors (Lipinski definition) is 2. The van der Waals surface area contributed by atoms with Gasteiger partial charge in [-0.25, -0.2) is 0 Å². The summed E-state index contributed by atoms with van der Waals surface area (Å²) in [4.78, 5) is 0. The Bertz CT molecular complexity index is 504. The lowest BCUT2D eigenvalue weighted by molar-refractivity contribution is 0.144. The van der Waals surface area contributed by atoms with Crippen molar-refractivity contribution in [1.82, 2.24) is 0 Å². The molecule has 0 spiro atoms. The minimum atomic E-state index is 0.0210. The maximum absolute atomic E-state index is 9.15. The molecule has 0 amide bonds. The first-order chi connectivity index (χ1) is 13.5. The lowest BCUT2D eigenvalue weighted by Crippen LogP contribution is -2.13. The number of unbranched alkanes of at least 4 members (excludes halogenated alkanes) is 2.